The molecule has 0 unspecified atom stereocenters. The lowest BCUT2D eigenvalue weighted by Gasteiger charge is -2.04. The minimum atomic E-state index is 0.744. The molecular formula is C18H40N2O. The summed E-state index contributed by atoms with van der Waals surface area (Å²) in [6.45, 7) is 3.36. The molecular weight excluding hydrogens is 260 g/mol. The van der Waals surface area contributed by atoms with Crippen molar-refractivity contribution in [2.45, 2.75) is 89.9 Å². The molecule has 0 fully saturated rings. The summed E-state index contributed by atoms with van der Waals surface area (Å²) in [5, 5.41) is 0. The molecule has 128 valence electrons. The summed E-state index contributed by atoms with van der Waals surface area (Å²) >= 11 is 0. The zero-order chi connectivity index (χ0) is 15.4. The van der Waals surface area contributed by atoms with Gasteiger partial charge in [0.25, 0.3) is 0 Å². The highest BCUT2D eigenvalue weighted by molar-refractivity contribution is 4.49. The molecule has 0 bridgehead atoms. The second-order valence-corrected chi connectivity index (χ2v) is 6.14. The fourth-order valence-corrected chi connectivity index (χ4v) is 2.58. The second-order valence-electron chi connectivity index (χ2n) is 6.14. The van der Waals surface area contributed by atoms with Crippen LogP contribution in [0.25, 0.3) is 0 Å². The van der Waals surface area contributed by atoms with Crippen LogP contribution >= 0.6 is 0 Å². The molecule has 21 heavy (non-hydrogen) atoms. The van der Waals surface area contributed by atoms with Crippen molar-refractivity contribution in [3.63, 3.8) is 0 Å². The van der Waals surface area contributed by atoms with Gasteiger partial charge in [0.1, 0.15) is 0 Å². The van der Waals surface area contributed by atoms with E-state index in [1.807, 2.05) is 0 Å². The molecule has 0 saturated carbocycles. The van der Waals surface area contributed by atoms with Crippen molar-refractivity contribution in [1.29, 1.82) is 0 Å². The number of ether oxygens (including phenoxy) is 1. The van der Waals surface area contributed by atoms with E-state index in [0.717, 1.165) is 32.7 Å². The van der Waals surface area contributed by atoms with Crippen LogP contribution in [0, 0.1) is 0 Å². The normalized spacial score (nSPS) is 11.1. The van der Waals surface area contributed by atoms with Gasteiger partial charge in [-0.3, -0.25) is 0 Å². The fraction of sp³-hybridized carbons (Fsp3) is 1.00. The highest BCUT2D eigenvalue weighted by Gasteiger charge is 1.94. The standard InChI is InChI=1S/C18H40N2O/c19-15-12-10-8-6-4-2-1-3-5-7-9-11-13-17-21-18-14-16-20/h1-20H2. The Kier molecular flexibility index (Phi) is 19.8. The van der Waals surface area contributed by atoms with E-state index < -0.39 is 0 Å². The van der Waals surface area contributed by atoms with Gasteiger partial charge in [-0.25, -0.2) is 0 Å². The van der Waals surface area contributed by atoms with Gasteiger partial charge in [-0.05, 0) is 32.4 Å². The zero-order valence-corrected chi connectivity index (χ0v) is 14.3. The number of unbranched alkanes of at least 4 members (excludes halogenated alkanes) is 12. The smallest absolute Gasteiger partial charge is 0.0478 e. The number of nitrogens with two attached hydrogens (primary N) is 2. The minimum absolute atomic E-state index is 0.744. The molecule has 0 aromatic heterocycles. The van der Waals surface area contributed by atoms with Crippen molar-refractivity contribution >= 4 is 0 Å². The van der Waals surface area contributed by atoms with E-state index in [-0.39, 0.29) is 0 Å². The molecule has 0 spiro atoms. The summed E-state index contributed by atoms with van der Waals surface area (Å²) in [7, 11) is 0. The lowest BCUT2D eigenvalue weighted by molar-refractivity contribution is 0.129. The molecule has 0 radical (unpaired) electrons. The second kappa shape index (κ2) is 19.9. The maximum absolute atomic E-state index is 5.49. The van der Waals surface area contributed by atoms with Crippen molar-refractivity contribution in [1.82, 2.24) is 0 Å². The first-order valence-electron chi connectivity index (χ1n) is 9.39. The molecule has 0 aliphatic rings. The van der Waals surface area contributed by atoms with Gasteiger partial charge in [-0.2, -0.15) is 0 Å². The van der Waals surface area contributed by atoms with Crippen molar-refractivity contribution in [3.8, 4) is 0 Å². The Morgan fingerprint density at radius 3 is 1.14 bits per heavy atom. The van der Waals surface area contributed by atoms with Crippen molar-refractivity contribution in [2.24, 2.45) is 11.5 Å². The summed E-state index contributed by atoms with van der Waals surface area (Å²) < 4.78 is 5.49. The summed E-state index contributed by atoms with van der Waals surface area (Å²) in [4.78, 5) is 0. The van der Waals surface area contributed by atoms with Gasteiger partial charge >= 0.3 is 0 Å². The predicted molar refractivity (Wildman–Crippen MR) is 93.6 cm³/mol. The summed E-state index contributed by atoms with van der Waals surface area (Å²) in [6, 6.07) is 0. The van der Waals surface area contributed by atoms with E-state index in [0.29, 0.717) is 0 Å². The third kappa shape index (κ3) is 19.9. The Bertz CT molecular complexity index is 159. The Hall–Kier alpha value is -0.120. The van der Waals surface area contributed by atoms with Gasteiger partial charge in [0.05, 0.1) is 0 Å². The lowest BCUT2D eigenvalue weighted by atomic mass is 10.0. The monoisotopic (exact) mass is 300 g/mol. The molecule has 4 N–H and O–H groups in total. The van der Waals surface area contributed by atoms with Crippen LogP contribution in [0.5, 0.6) is 0 Å². The Labute approximate surface area is 133 Å². The van der Waals surface area contributed by atoms with Gasteiger partial charge in [-0.15, -0.1) is 0 Å². The van der Waals surface area contributed by atoms with Crippen LogP contribution in [0.1, 0.15) is 89.9 Å². The first-order chi connectivity index (χ1) is 10.4. The first kappa shape index (κ1) is 20.9. The van der Waals surface area contributed by atoms with E-state index in [9.17, 15) is 0 Å². The average molecular weight is 301 g/mol. The minimum Gasteiger partial charge on any atom is -0.381 e. The molecule has 0 aromatic carbocycles. The van der Waals surface area contributed by atoms with E-state index in [2.05, 4.69) is 0 Å². The molecule has 3 heteroatoms. The van der Waals surface area contributed by atoms with E-state index in [1.54, 1.807) is 0 Å². The molecule has 0 rings (SSSR count). The largest absolute Gasteiger partial charge is 0.381 e. The van der Waals surface area contributed by atoms with Gasteiger partial charge in [-0.1, -0.05) is 70.6 Å². The van der Waals surface area contributed by atoms with Crippen LogP contribution in [-0.2, 0) is 4.74 Å². The summed E-state index contributed by atoms with van der Waals surface area (Å²) in [5.74, 6) is 0. The van der Waals surface area contributed by atoms with Gasteiger partial charge in [0, 0.05) is 13.2 Å². The highest BCUT2D eigenvalue weighted by Crippen LogP contribution is 2.12. The van der Waals surface area contributed by atoms with Crippen molar-refractivity contribution < 1.29 is 4.74 Å². The van der Waals surface area contributed by atoms with Crippen molar-refractivity contribution in [3.05, 3.63) is 0 Å². The van der Waals surface area contributed by atoms with E-state index >= 15 is 0 Å². The first-order valence-corrected chi connectivity index (χ1v) is 9.39. The topological polar surface area (TPSA) is 61.3 Å². The third-order valence-electron chi connectivity index (χ3n) is 3.99. The Balaban J connectivity index is 2.90. The molecule has 0 atom stereocenters. The van der Waals surface area contributed by atoms with Crippen LogP contribution in [0.4, 0.5) is 0 Å². The molecule has 0 aliphatic heterocycles. The maximum atomic E-state index is 5.49. The van der Waals surface area contributed by atoms with Gasteiger partial charge in [0.15, 0.2) is 0 Å². The van der Waals surface area contributed by atoms with Gasteiger partial charge < -0.3 is 16.2 Å². The van der Waals surface area contributed by atoms with E-state index in [4.69, 9.17) is 16.2 Å². The third-order valence-corrected chi connectivity index (χ3v) is 3.99. The molecule has 3 nitrogen and oxygen atoms in total. The zero-order valence-electron chi connectivity index (χ0n) is 14.3. The molecule has 0 amide bonds. The molecule has 0 aromatic rings. The lowest BCUT2D eigenvalue weighted by Crippen LogP contribution is -2.04. The Morgan fingerprint density at radius 2 is 0.714 bits per heavy atom. The number of rotatable bonds is 18. The van der Waals surface area contributed by atoms with Crippen LogP contribution in [0.3, 0.4) is 0 Å². The number of hydrogen-bond acceptors (Lipinski definition) is 3. The molecule has 0 saturated heterocycles. The quantitative estimate of drug-likeness (QED) is 0.369. The molecule has 0 aliphatic carbocycles. The fourth-order valence-electron chi connectivity index (χ4n) is 2.58. The predicted octanol–water partition coefficient (Wildman–Crippen LogP) is 4.38. The maximum Gasteiger partial charge on any atom is 0.0478 e. The van der Waals surface area contributed by atoms with Crippen LogP contribution < -0.4 is 11.5 Å². The van der Waals surface area contributed by atoms with Crippen molar-refractivity contribution in [2.75, 3.05) is 26.3 Å². The highest BCUT2D eigenvalue weighted by atomic mass is 16.5. The SMILES string of the molecule is NCCCCCCCCCCCCCCCOCCCN. The number of hydrogen-bond donors (Lipinski definition) is 2. The summed E-state index contributed by atoms with van der Waals surface area (Å²) in [6.07, 6.45) is 18.8. The van der Waals surface area contributed by atoms with E-state index in [1.165, 1.54) is 83.5 Å². The van der Waals surface area contributed by atoms with Crippen LogP contribution in [-0.4, -0.2) is 26.3 Å². The van der Waals surface area contributed by atoms with Crippen LogP contribution in [0.2, 0.25) is 0 Å². The average Bonchev–Trinajstić information content (AvgIpc) is 2.50. The van der Waals surface area contributed by atoms with Gasteiger partial charge in [0.2, 0.25) is 0 Å². The molecule has 0 heterocycles. The Morgan fingerprint density at radius 1 is 0.381 bits per heavy atom. The summed E-state index contributed by atoms with van der Waals surface area (Å²) in [5.41, 5.74) is 10.9. The van der Waals surface area contributed by atoms with Crippen LogP contribution in [0.15, 0.2) is 0 Å².